The molecule has 0 saturated carbocycles. The van der Waals surface area contributed by atoms with Gasteiger partial charge in [-0.15, -0.1) is 0 Å². The summed E-state index contributed by atoms with van der Waals surface area (Å²) >= 11 is 3.36. The third kappa shape index (κ3) is 1.86. The molecule has 0 spiro atoms. The van der Waals surface area contributed by atoms with Gasteiger partial charge >= 0.3 is 0 Å². The van der Waals surface area contributed by atoms with Crippen LogP contribution >= 0.6 is 15.9 Å². The Morgan fingerprint density at radius 1 is 1.06 bits per heavy atom. The van der Waals surface area contributed by atoms with E-state index in [9.17, 15) is 0 Å². The van der Waals surface area contributed by atoms with Crippen molar-refractivity contribution in [2.24, 2.45) is 11.8 Å². The van der Waals surface area contributed by atoms with Gasteiger partial charge in [0.2, 0.25) is 5.95 Å². The molecule has 0 amide bonds. The maximum atomic E-state index is 4.37. The summed E-state index contributed by atoms with van der Waals surface area (Å²) in [5.74, 6) is 2.48. The molecule has 0 aromatic carbocycles. The summed E-state index contributed by atoms with van der Waals surface area (Å²) in [6.07, 6.45) is 10.7. The van der Waals surface area contributed by atoms with E-state index in [0.717, 1.165) is 35.3 Å². The zero-order valence-electron chi connectivity index (χ0n) is 9.01. The van der Waals surface area contributed by atoms with Gasteiger partial charge in [-0.2, -0.15) is 0 Å². The molecule has 16 heavy (non-hydrogen) atoms. The number of allylic oxidation sites excluding steroid dienone is 2. The van der Waals surface area contributed by atoms with Gasteiger partial charge in [0.05, 0.1) is 4.47 Å². The maximum Gasteiger partial charge on any atom is 0.225 e. The molecule has 2 aliphatic rings. The summed E-state index contributed by atoms with van der Waals surface area (Å²) in [5, 5.41) is 0. The Morgan fingerprint density at radius 3 is 2.19 bits per heavy atom. The van der Waals surface area contributed by atoms with Crippen LogP contribution in [0, 0.1) is 11.8 Å². The van der Waals surface area contributed by atoms with Crippen LogP contribution in [0.15, 0.2) is 29.0 Å². The monoisotopic (exact) mass is 279 g/mol. The predicted octanol–water partition coefficient (Wildman–Crippen LogP) is 2.64. The maximum absolute atomic E-state index is 4.37. The summed E-state index contributed by atoms with van der Waals surface area (Å²) in [5.41, 5.74) is 0. The number of hydrogen-bond acceptors (Lipinski definition) is 3. The number of nitrogens with zero attached hydrogens (tertiary/aromatic N) is 3. The molecule has 0 radical (unpaired) electrons. The second-order valence-electron chi connectivity index (χ2n) is 4.57. The van der Waals surface area contributed by atoms with Crippen LogP contribution in [0.25, 0.3) is 0 Å². The van der Waals surface area contributed by atoms with Gasteiger partial charge in [0, 0.05) is 25.5 Å². The molecule has 0 bridgehead atoms. The molecule has 1 aromatic rings. The fourth-order valence-corrected chi connectivity index (χ4v) is 2.85. The highest BCUT2D eigenvalue weighted by atomic mass is 79.9. The molecule has 1 fully saturated rings. The first-order valence-corrected chi connectivity index (χ1v) is 6.50. The van der Waals surface area contributed by atoms with Crippen LogP contribution in [0.4, 0.5) is 5.95 Å². The zero-order valence-corrected chi connectivity index (χ0v) is 10.6. The van der Waals surface area contributed by atoms with Gasteiger partial charge in [-0.05, 0) is 40.6 Å². The molecule has 4 heteroatoms. The van der Waals surface area contributed by atoms with Gasteiger partial charge < -0.3 is 4.90 Å². The summed E-state index contributed by atoms with van der Waals surface area (Å²) in [6, 6.07) is 0. The second kappa shape index (κ2) is 4.17. The second-order valence-corrected chi connectivity index (χ2v) is 5.48. The molecule has 3 rings (SSSR count). The molecule has 2 unspecified atom stereocenters. The van der Waals surface area contributed by atoms with Gasteiger partial charge in [0.1, 0.15) is 0 Å². The molecule has 84 valence electrons. The molecule has 1 aromatic heterocycles. The average Bonchev–Trinajstić information content (AvgIpc) is 2.73. The molecule has 2 atom stereocenters. The summed E-state index contributed by atoms with van der Waals surface area (Å²) < 4.78 is 0.939. The molecular formula is C12H14BrN3. The Hall–Kier alpha value is -0.900. The van der Waals surface area contributed by atoms with Crippen LogP contribution in [0.3, 0.4) is 0 Å². The highest BCUT2D eigenvalue weighted by molar-refractivity contribution is 9.10. The summed E-state index contributed by atoms with van der Waals surface area (Å²) in [7, 11) is 0. The molecule has 1 saturated heterocycles. The first-order valence-electron chi connectivity index (χ1n) is 5.70. The molecule has 3 nitrogen and oxygen atoms in total. The molecule has 1 aliphatic heterocycles. The minimum absolute atomic E-state index is 0.803. The SMILES string of the molecule is Brc1cnc(N2CC3CC=CCC3C2)nc1. The van der Waals surface area contributed by atoms with Crippen molar-refractivity contribution in [2.75, 3.05) is 18.0 Å². The average molecular weight is 280 g/mol. The lowest BCUT2D eigenvalue weighted by atomic mass is 9.86. The Kier molecular flexibility index (Phi) is 2.67. The Balaban J connectivity index is 1.76. The molecule has 1 aliphatic carbocycles. The van der Waals surface area contributed by atoms with E-state index in [4.69, 9.17) is 0 Å². The van der Waals surface area contributed by atoms with Gasteiger partial charge in [0.25, 0.3) is 0 Å². The first-order chi connectivity index (χ1) is 7.83. The number of anilines is 1. The topological polar surface area (TPSA) is 29.0 Å². The van der Waals surface area contributed by atoms with E-state index in [1.807, 2.05) is 12.4 Å². The fraction of sp³-hybridized carbons (Fsp3) is 0.500. The van der Waals surface area contributed by atoms with E-state index >= 15 is 0 Å². The fourth-order valence-electron chi connectivity index (χ4n) is 2.65. The largest absolute Gasteiger partial charge is 0.340 e. The third-order valence-corrected chi connectivity index (χ3v) is 3.92. The Morgan fingerprint density at radius 2 is 1.62 bits per heavy atom. The van der Waals surface area contributed by atoms with Crippen LogP contribution in [0.2, 0.25) is 0 Å². The molecular weight excluding hydrogens is 266 g/mol. The van der Waals surface area contributed by atoms with Crippen molar-refractivity contribution >= 4 is 21.9 Å². The number of halogens is 1. The lowest BCUT2D eigenvalue weighted by molar-refractivity contribution is 0.411. The van der Waals surface area contributed by atoms with Crippen molar-refractivity contribution in [3.05, 3.63) is 29.0 Å². The van der Waals surface area contributed by atoms with Crippen LogP contribution in [-0.2, 0) is 0 Å². The van der Waals surface area contributed by atoms with Gasteiger partial charge in [0.15, 0.2) is 0 Å². The lowest BCUT2D eigenvalue weighted by Crippen LogP contribution is -2.22. The Labute approximate surface area is 104 Å². The van der Waals surface area contributed by atoms with Crippen LogP contribution in [0.5, 0.6) is 0 Å². The lowest BCUT2D eigenvalue weighted by Gasteiger charge is -2.17. The van der Waals surface area contributed by atoms with Crippen LogP contribution in [-0.4, -0.2) is 23.1 Å². The third-order valence-electron chi connectivity index (χ3n) is 3.51. The van der Waals surface area contributed by atoms with Gasteiger partial charge in [-0.25, -0.2) is 9.97 Å². The van der Waals surface area contributed by atoms with Crippen molar-refractivity contribution in [3.63, 3.8) is 0 Å². The van der Waals surface area contributed by atoms with Gasteiger partial charge in [-0.3, -0.25) is 0 Å². The predicted molar refractivity (Wildman–Crippen MR) is 67.3 cm³/mol. The summed E-state index contributed by atoms with van der Waals surface area (Å²) in [6.45, 7) is 2.22. The quantitative estimate of drug-likeness (QED) is 0.740. The smallest absolute Gasteiger partial charge is 0.225 e. The van der Waals surface area contributed by atoms with Crippen molar-refractivity contribution in [1.29, 1.82) is 0 Å². The minimum Gasteiger partial charge on any atom is -0.340 e. The normalized spacial score (nSPS) is 28.2. The molecule has 2 heterocycles. The van der Waals surface area contributed by atoms with Crippen LogP contribution < -0.4 is 4.90 Å². The highest BCUT2D eigenvalue weighted by Crippen LogP contribution is 2.34. The van der Waals surface area contributed by atoms with Crippen molar-refractivity contribution in [2.45, 2.75) is 12.8 Å². The number of hydrogen-bond donors (Lipinski definition) is 0. The van der Waals surface area contributed by atoms with Crippen LogP contribution in [0.1, 0.15) is 12.8 Å². The Bertz CT molecular complexity index is 385. The highest BCUT2D eigenvalue weighted by Gasteiger charge is 2.33. The number of aromatic nitrogens is 2. The standard InChI is InChI=1S/C12H14BrN3/c13-11-5-14-12(15-6-11)16-7-9-3-1-2-4-10(9)8-16/h1-2,5-6,9-10H,3-4,7-8H2. The van der Waals surface area contributed by atoms with Crippen molar-refractivity contribution in [1.82, 2.24) is 9.97 Å². The van der Waals surface area contributed by atoms with Gasteiger partial charge in [-0.1, -0.05) is 12.2 Å². The van der Waals surface area contributed by atoms with E-state index in [2.05, 4.69) is 42.9 Å². The van der Waals surface area contributed by atoms with E-state index in [0.29, 0.717) is 0 Å². The van der Waals surface area contributed by atoms with E-state index < -0.39 is 0 Å². The zero-order chi connectivity index (χ0) is 11.0. The summed E-state index contributed by atoms with van der Waals surface area (Å²) in [4.78, 5) is 11.0. The number of rotatable bonds is 1. The molecule has 0 N–H and O–H groups in total. The minimum atomic E-state index is 0.803. The van der Waals surface area contributed by atoms with Crippen molar-refractivity contribution < 1.29 is 0 Å². The van der Waals surface area contributed by atoms with E-state index in [1.165, 1.54) is 12.8 Å². The van der Waals surface area contributed by atoms with E-state index in [-0.39, 0.29) is 0 Å². The van der Waals surface area contributed by atoms with Crippen molar-refractivity contribution in [3.8, 4) is 0 Å². The first kappa shape index (κ1) is 10.3. The number of fused-ring (bicyclic) bond motifs is 1. The van der Waals surface area contributed by atoms with E-state index in [1.54, 1.807) is 0 Å².